The van der Waals surface area contributed by atoms with Crippen molar-refractivity contribution in [3.63, 3.8) is 0 Å². The van der Waals surface area contributed by atoms with E-state index in [2.05, 4.69) is 33.6 Å². The van der Waals surface area contributed by atoms with Gasteiger partial charge in [-0.1, -0.05) is 27.7 Å². The molecule has 0 aliphatic rings. The van der Waals surface area contributed by atoms with Crippen LogP contribution in [0.5, 0.6) is 0 Å². The van der Waals surface area contributed by atoms with Crippen molar-refractivity contribution in [2.24, 2.45) is 34.0 Å². The van der Waals surface area contributed by atoms with Gasteiger partial charge < -0.3 is 38.3 Å². The fourth-order valence-corrected chi connectivity index (χ4v) is 3.03. The normalized spacial score (nSPS) is 14.7. The highest BCUT2D eigenvalue weighted by Gasteiger charge is 2.30. The predicted octanol–water partition coefficient (Wildman–Crippen LogP) is -1.46. The van der Waals surface area contributed by atoms with Gasteiger partial charge in [0.2, 0.25) is 17.7 Å². The smallest absolute Gasteiger partial charge is 0.326 e. The van der Waals surface area contributed by atoms with Crippen LogP contribution in [0.25, 0.3) is 0 Å². The summed E-state index contributed by atoms with van der Waals surface area (Å²) in [6.45, 7) is 7.45. The van der Waals surface area contributed by atoms with Crippen LogP contribution in [-0.4, -0.2) is 71.2 Å². The first kappa shape index (κ1) is 30.5. The second kappa shape index (κ2) is 15.3. The molecule has 0 rings (SSSR count). The summed E-state index contributed by atoms with van der Waals surface area (Å²) in [5.74, 6) is -3.29. The van der Waals surface area contributed by atoms with E-state index in [9.17, 15) is 24.3 Å². The zero-order valence-corrected chi connectivity index (χ0v) is 20.6. The number of nitrogens with one attached hydrogen (secondary N) is 3. The van der Waals surface area contributed by atoms with E-state index in [0.29, 0.717) is 6.42 Å². The average Bonchev–Trinajstić information content (AvgIpc) is 2.71. The van der Waals surface area contributed by atoms with Gasteiger partial charge in [0.15, 0.2) is 5.96 Å². The Bertz CT molecular complexity index is 698. The Morgan fingerprint density at radius 3 is 1.88 bits per heavy atom. The van der Waals surface area contributed by atoms with Crippen molar-refractivity contribution >= 4 is 42.3 Å². The van der Waals surface area contributed by atoms with Crippen LogP contribution in [0.3, 0.4) is 0 Å². The number of nitrogens with two attached hydrogens (primary N) is 3. The first-order chi connectivity index (χ1) is 15.3. The van der Waals surface area contributed by atoms with Crippen molar-refractivity contribution in [2.75, 3.05) is 12.3 Å². The maximum Gasteiger partial charge on any atom is 0.326 e. The minimum Gasteiger partial charge on any atom is -0.480 e. The second-order valence-electron chi connectivity index (χ2n) is 8.55. The lowest BCUT2D eigenvalue weighted by Crippen LogP contribution is -2.58. The Morgan fingerprint density at radius 1 is 0.909 bits per heavy atom. The van der Waals surface area contributed by atoms with Crippen LogP contribution in [0.4, 0.5) is 0 Å². The summed E-state index contributed by atoms with van der Waals surface area (Å²) in [6, 6.07) is -4.03. The van der Waals surface area contributed by atoms with Crippen LogP contribution in [-0.2, 0) is 19.2 Å². The Labute approximate surface area is 200 Å². The quantitative estimate of drug-likeness (QED) is 0.0587. The molecule has 0 aliphatic carbocycles. The monoisotopic (exact) mass is 489 g/mol. The van der Waals surface area contributed by atoms with E-state index < -0.39 is 47.9 Å². The predicted molar refractivity (Wildman–Crippen MR) is 129 cm³/mol. The highest BCUT2D eigenvalue weighted by Crippen LogP contribution is 2.07. The first-order valence-electron chi connectivity index (χ1n) is 10.9. The number of aliphatic imine (C=N–C) groups is 1. The van der Waals surface area contributed by atoms with Crippen LogP contribution < -0.4 is 33.2 Å². The molecule has 0 fully saturated rings. The van der Waals surface area contributed by atoms with Gasteiger partial charge in [-0.05, 0) is 31.1 Å². The largest absolute Gasteiger partial charge is 0.480 e. The highest BCUT2D eigenvalue weighted by atomic mass is 32.1. The summed E-state index contributed by atoms with van der Waals surface area (Å²) < 4.78 is 0. The van der Waals surface area contributed by atoms with Crippen molar-refractivity contribution in [3.8, 4) is 0 Å². The summed E-state index contributed by atoms with van der Waals surface area (Å²) in [5.41, 5.74) is 16.5. The molecule has 13 heteroatoms. The van der Waals surface area contributed by atoms with Gasteiger partial charge in [-0.15, -0.1) is 0 Å². The van der Waals surface area contributed by atoms with Crippen LogP contribution in [0.1, 0.15) is 47.0 Å². The molecule has 0 radical (unpaired) electrons. The molecule has 0 aromatic heterocycles. The maximum absolute atomic E-state index is 12.9. The van der Waals surface area contributed by atoms with Crippen LogP contribution in [0.15, 0.2) is 4.99 Å². The van der Waals surface area contributed by atoms with E-state index in [-0.39, 0.29) is 42.9 Å². The van der Waals surface area contributed by atoms with Gasteiger partial charge in [-0.3, -0.25) is 19.4 Å². The number of thiol groups is 1. The lowest BCUT2D eigenvalue weighted by Gasteiger charge is -2.25. The first-order valence-corrected chi connectivity index (χ1v) is 11.5. The minimum absolute atomic E-state index is 0.0328. The summed E-state index contributed by atoms with van der Waals surface area (Å²) in [7, 11) is 0. The third kappa shape index (κ3) is 12.3. The number of aliphatic carboxylic acids is 1. The number of carboxylic acids is 1. The molecular weight excluding hydrogens is 450 g/mol. The summed E-state index contributed by atoms with van der Waals surface area (Å²) in [6.07, 6.45) is 0.788. The Hall–Kier alpha value is -2.54. The summed E-state index contributed by atoms with van der Waals surface area (Å²) in [4.78, 5) is 53.2. The van der Waals surface area contributed by atoms with Crippen LogP contribution in [0, 0.1) is 11.8 Å². The van der Waals surface area contributed by atoms with Crippen LogP contribution >= 0.6 is 12.6 Å². The molecule has 3 amide bonds. The van der Waals surface area contributed by atoms with Gasteiger partial charge in [0, 0.05) is 12.3 Å². The van der Waals surface area contributed by atoms with E-state index in [1.807, 2.05) is 13.8 Å². The Kier molecular flexibility index (Phi) is 14.1. The number of hydrogen-bond acceptors (Lipinski definition) is 7. The van der Waals surface area contributed by atoms with Crippen molar-refractivity contribution < 1.29 is 24.3 Å². The molecule has 0 spiro atoms. The topological polar surface area (TPSA) is 215 Å². The molecule has 4 unspecified atom stereocenters. The van der Waals surface area contributed by atoms with Gasteiger partial charge in [-0.25, -0.2) is 4.79 Å². The van der Waals surface area contributed by atoms with E-state index >= 15 is 0 Å². The molecule has 10 N–H and O–H groups in total. The third-order valence-electron chi connectivity index (χ3n) is 4.74. The molecule has 0 aliphatic heterocycles. The standard InChI is InChI=1S/C20H39N7O5S/c1-10(2)8-13(19(31)32)26-17(29)14(9-33)27-16(28)12(6-5-7-24-20(22)23)25-18(30)15(21)11(3)4/h10-15,33H,5-9,21H2,1-4H3,(H,25,30)(H,26,29)(H,27,28)(H,31,32)(H4,22,23,24). The van der Waals surface area contributed by atoms with E-state index in [1.165, 1.54) is 0 Å². The van der Waals surface area contributed by atoms with Gasteiger partial charge >= 0.3 is 5.97 Å². The fourth-order valence-electron chi connectivity index (χ4n) is 2.77. The summed E-state index contributed by atoms with van der Waals surface area (Å²) in [5, 5.41) is 16.9. The molecular formula is C20H39N7O5S. The number of carboxylic acid groups (broad SMARTS) is 1. The third-order valence-corrected chi connectivity index (χ3v) is 5.10. The lowest BCUT2D eigenvalue weighted by atomic mass is 10.0. The molecule has 0 bridgehead atoms. The zero-order chi connectivity index (χ0) is 25.7. The van der Waals surface area contributed by atoms with E-state index in [0.717, 1.165) is 0 Å². The zero-order valence-electron chi connectivity index (χ0n) is 19.7. The Morgan fingerprint density at radius 2 is 1.42 bits per heavy atom. The van der Waals surface area contributed by atoms with Gasteiger partial charge in [0.25, 0.3) is 0 Å². The molecule has 0 heterocycles. The molecule has 0 saturated heterocycles. The number of guanidine groups is 1. The van der Waals surface area contributed by atoms with Crippen molar-refractivity contribution in [1.29, 1.82) is 0 Å². The van der Waals surface area contributed by atoms with E-state index in [4.69, 9.17) is 17.2 Å². The number of carbonyl (C=O) groups is 4. The molecule has 33 heavy (non-hydrogen) atoms. The number of rotatable bonds is 15. The lowest BCUT2D eigenvalue weighted by molar-refractivity contribution is -0.142. The minimum atomic E-state index is -1.17. The summed E-state index contributed by atoms with van der Waals surface area (Å²) >= 11 is 4.10. The molecule has 190 valence electrons. The van der Waals surface area contributed by atoms with Crippen LogP contribution in [0.2, 0.25) is 0 Å². The molecule has 0 saturated carbocycles. The number of carbonyl (C=O) groups excluding carboxylic acids is 3. The second-order valence-corrected chi connectivity index (χ2v) is 8.92. The van der Waals surface area contributed by atoms with Gasteiger partial charge in [0.1, 0.15) is 18.1 Å². The Balaban J connectivity index is 5.34. The highest BCUT2D eigenvalue weighted by molar-refractivity contribution is 7.80. The fraction of sp³-hybridized carbons (Fsp3) is 0.750. The number of nitrogens with zero attached hydrogens (tertiary/aromatic N) is 1. The molecule has 0 aromatic rings. The van der Waals surface area contributed by atoms with Gasteiger partial charge in [-0.2, -0.15) is 12.6 Å². The molecule has 4 atom stereocenters. The SMILES string of the molecule is CC(C)CC(NC(=O)C(CS)NC(=O)C(CCCN=C(N)N)NC(=O)C(N)C(C)C)C(=O)O. The van der Waals surface area contributed by atoms with Crippen molar-refractivity contribution in [2.45, 2.75) is 71.1 Å². The average molecular weight is 490 g/mol. The maximum atomic E-state index is 12.9. The van der Waals surface area contributed by atoms with Gasteiger partial charge in [0.05, 0.1) is 6.04 Å². The molecule has 12 nitrogen and oxygen atoms in total. The number of amides is 3. The number of hydrogen-bond donors (Lipinski definition) is 8. The van der Waals surface area contributed by atoms with E-state index in [1.54, 1.807) is 13.8 Å². The molecule has 0 aromatic carbocycles. The van der Waals surface area contributed by atoms with Crippen molar-refractivity contribution in [3.05, 3.63) is 0 Å². The van der Waals surface area contributed by atoms with Crippen molar-refractivity contribution in [1.82, 2.24) is 16.0 Å².